The maximum Gasteiger partial charge on any atom is 0.150 e. The molecule has 0 aliphatic heterocycles. The fourth-order valence-electron chi connectivity index (χ4n) is 1.60. The molecule has 0 aromatic rings. The van der Waals surface area contributed by atoms with Gasteiger partial charge in [0.25, 0.3) is 0 Å². The first-order valence-electron chi connectivity index (χ1n) is 4.01. The van der Waals surface area contributed by atoms with Crippen LogP contribution in [-0.4, -0.2) is 12.7 Å². The zero-order chi connectivity index (χ0) is 9.19. The molecule has 1 atom stereocenters. The average Bonchev–Trinajstić information content (AvgIpc) is 2.02. The average molecular weight is 162 g/mol. The fraction of sp³-hybridized carbons (Fsp3) is 0.455. The van der Waals surface area contributed by atoms with Crippen LogP contribution in [0.3, 0.4) is 0 Å². The highest BCUT2D eigenvalue weighted by Gasteiger charge is 2.27. The van der Waals surface area contributed by atoms with E-state index in [1.165, 1.54) is 11.1 Å². The Morgan fingerprint density at radius 3 is 2.67 bits per heavy atom. The SMILES string of the molecule is C#CC1(OC)C=C(C)C=C(C)C1. The summed E-state index contributed by atoms with van der Waals surface area (Å²) in [6, 6.07) is 0. The molecule has 12 heavy (non-hydrogen) atoms. The summed E-state index contributed by atoms with van der Waals surface area (Å²) in [6.45, 7) is 4.11. The molecule has 0 N–H and O–H groups in total. The second kappa shape index (κ2) is 3.16. The van der Waals surface area contributed by atoms with E-state index >= 15 is 0 Å². The van der Waals surface area contributed by atoms with Crippen molar-refractivity contribution < 1.29 is 4.74 Å². The van der Waals surface area contributed by atoms with Gasteiger partial charge in [-0.1, -0.05) is 23.1 Å². The summed E-state index contributed by atoms with van der Waals surface area (Å²) < 4.78 is 5.32. The third kappa shape index (κ3) is 1.60. The lowest BCUT2D eigenvalue weighted by Gasteiger charge is -2.27. The van der Waals surface area contributed by atoms with Gasteiger partial charge in [0.1, 0.15) is 0 Å². The van der Waals surface area contributed by atoms with Crippen LogP contribution < -0.4 is 0 Å². The molecule has 0 saturated heterocycles. The van der Waals surface area contributed by atoms with Crippen molar-refractivity contribution in [3.63, 3.8) is 0 Å². The minimum absolute atomic E-state index is 0.497. The van der Waals surface area contributed by atoms with Gasteiger partial charge in [0.2, 0.25) is 0 Å². The largest absolute Gasteiger partial charge is 0.362 e. The normalized spacial score (nSPS) is 28.8. The summed E-state index contributed by atoms with van der Waals surface area (Å²) in [5, 5.41) is 0. The van der Waals surface area contributed by atoms with Crippen LogP contribution in [0.25, 0.3) is 0 Å². The molecule has 1 aliphatic carbocycles. The van der Waals surface area contributed by atoms with E-state index in [1.807, 2.05) is 13.0 Å². The first-order chi connectivity index (χ1) is 5.62. The number of hydrogen-bond donors (Lipinski definition) is 0. The number of allylic oxidation sites excluding steroid dienone is 2. The van der Waals surface area contributed by atoms with Gasteiger partial charge in [0.05, 0.1) is 0 Å². The maximum absolute atomic E-state index is 5.43. The van der Waals surface area contributed by atoms with Crippen molar-refractivity contribution in [3.8, 4) is 12.3 Å². The minimum Gasteiger partial charge on any atom is -0.362 e. The summed E-state index contributed by atoms with van der Waals surface area (Å²) >= 11 is 0. The Bertz CT molecular complexity index is 278. The van der Waals surface area contributed by atoms with Crippen LogP contribution in [0.5, 0.6) is 0 Å². The predicted octanol–water partition coefficient (Wildman–Crippen LogP) is 2.30. The lowest BCUT2D eigenvalue weighted by Crippen LogP contribution is -2.29. The van der Waals surface area contributed by atoms with E-state index < -0.39 is 5.60 Å². The monoisotopic (exact) mass is 162 g/mol. The molecular weight excluding hydrogens is 148 g/mol. The maximum atomic E-state index is 5.43. The summed E-state index contributed by atoms with van der Waals surface area (Å²) in [5.74, 6) is 2.69. The highest BCUT2D eigenvalue weighted by molar-refractivity contribution is 5.37. The number of methoxy groups -OCH3 is 1. The van der Waals surface area contributed by atoms with Gasteiger partial charge < -0.3 is 4.74 Å². The molecule has 0 bridgehead atoms. The molecule has 0 fully saturated rings. The van der Waals surface area contributed by atoms with Gasteiger partial charge >= 0.3 is 0 Å². The fourth-order valence-corrected chi connectivity index (χ4v) is 1.60. The van der Waals surface area contributed by atoms with Gasteiger partial charge in [-0.05, 0) is 19.9 Å². The molecule has 0 saturated carbocycles. The van der Waals surface area contributed by atoms with Crippen LogP contribution in [0.15, 0.2) is 23.3 Å². The Morgan fingerprint density at radius 1 is 1.58 bits per heavy atom. The van der Waals surface area contributed by atoms with E-state index in [0.717, 1.165) is 6.42 Å². The van der Waals surface area contributed by atoms with Crippen molar-refractivity contribution in [1.82, 2.24) is 0 Å². The summed E-state index contributed by atoms with van der Waals surface area (Å²) in [5.41, 5.74) is 1.96. The van der Waals surface area contributed by atoms with E-state index in [0.29, 0.717) is 0 Å². The van der Waals surface area contributed by atoms with E-state index in [4.69, 9.17) is 11.2 Å². The van der Waals surface area contributed by atoms with Crippen LogP contribution >= 0.6 is 0 Å². The lowest BCUT2D eigenvalue weighted by molar-refractivity contribution is 0.0813. The van der Waals surface area contributed by atoms with Gasteiger partial charge in [-0.15, -0.1) is 6.42 Å². The van der Waals surface area contributed by atoms with Crippen molar-refractivity contribution >= 4 is 0 Å². The minimum atomic E-state index is -0.497. The number of hydrogen-bond acceptors (Lipinski definition) is 1. The van der Waals surface area contributed by atoms with Crippen LogP contribution in [0.2, 0.25) is 0 Å². The first kappa shape index (κ1) is 9.09. The standard InChI is InChI=1S/C11H14O/c1-5-11(12-4)7-9(2)6-10(3)8-11/h1,6-7H,8H2,2-4H3. The predicted molar refractivity (Wildman–Crippen MR) is 50.7 cm³/mol. The molecular formula is C11H14O. The number of rotatable bonds is 1. The second-order valence-electron chi connectivity index (χ2n) is 3.29. The van der Waals surface area contributed by atoms with Crippen molar-refractivity contribution in [2.24, 2.45) is 0 Å². The van der Waals surface area contributed by atoms with Crippen molar-refractivity contribution in [2.75, 3.05) is 7.11 Å². The zero-order valence-corrected chi connectivity index (χ0v) is 7.85. The summed E-state index contributed by atoms with van der Waals surface area (Å²) in [4.78, 5) is 0. The van der Waals surface area contributed by atoms with Crippen LogP contribution in [0.4, 0.5) is 0 Å². The molecule has 1 aliphatic rings. The molecule has 0 heterocycles. The molecule has 0 amide bonds. The summed E-state index contributed by atoms with van der Waals surface area (Å²) in [7, 11) is 1.65. The highest BCUT2D eigenvalue weighted by Crippen LogP contribution is 2.28. The van der Waals surface area contributed by atoms with Crippen LogP contribution in [-0.2, 0) is 4.74 Å². The van der Waals surface area contributed by atoms with Gasteiger partial charge in [-0.2, -0.15) is 0 Å². The van der Waals surface area contributed by atoms with E-state index in [1.54, 1.807) is 7.11 Å². The number of terminal acetylenes is 1. The second-order valence-corrected chi connectivity index (χ2v) is 3.29. The molecule has 1 unspecified atom stereocenters. The highest BCUT2D eigenvalue weighted by atomic mass is 16.5. The van der Waals surface area contributed by atoms with Crippen molar-refractivity contribution in [1.29, 1.82) is 0 Å². The Morgan fingerprint density at radius 2 is 2.25 bits per heavy atom. The van der Waals surface area contributed by atoms with Crippen LogP contribution in [0.1, 0.15) is 20.3 Å². The van der Waals surface area contributed by atoms with E-state index in [2.05, 4.69) is 18.9 Å². The molecule has 0 aromatic heterocycles. The molecule has 0 aromatic carbocycles. The molecule has 64 valence electrons. The third-order valence-corrected chi connectivity index (χ3v) is 2.08. The van der Waals surface area contributed by atoms with Crippen LogP contribution in [0, 0.1) is 12.3 Å². The Kier molecular flexibility index (Phi) is 2.40. The molecule has 1 nitrogen and oxygen atoms in total. The molecule has 1 heteroatoms. The van der Waals surface area contributed by atoms with Gasteiger partial charge in [0, 0.05) is 13.5 Å². The Labute approximate surface area is 74.1 Å². The first-order valence-corrected chi connectivity index (χ1v) is 4.01. The molecule has 0 radical (unpaired) electrons. The Hall–Kier alpha value is -1.00. The zero-order valence-electron chi connectivity index (χ0n) is 7.85. The number of ether oxygens (including phenoxy) is 1. The quantitative estimate of drug-likeness (QED) is 0.537. The van der Waals surface area contributed by atoms with Crippen molar-refractivity contribution in [3.05, 3.63) is 23.3 Å². The third-order valence-electron chi connectivity index (χ3n) is 2.08. The molecule has 0 spiro atoms. The van der Waals surface area contributed by atoms with Gasteiger partial charge in [-0.3, -0.25) is 0 Å². The van der Waals surface area contributed by atoms with Gasteiger partial charge in [0.15, 0.2) is 5.60 Å². The summed E-state index contributed by atoms with van der Waals surface area (Å²) in [6.07, 6.45) is 10.4. The van der Waals surface area contributed by atoms with Gasteiger partial charge in [-0.25, -0.2) is 0 Å². The molecule has 1 rings (SSSR count). The Balaban J connectivity index is 3.00. The smallest absolute Gasteiger partial charge is 0.150 e. The van der Waals surface area contributed by atoms with E-state index in [-0.39, 0.29) is 0 Å². The topological polar surface area (TPSA) is 9.23 Å². The lowest BCUT2D eigenvalue weighted by atomic mass is 9.88. The van der Waals surface area contributed by atoms with E-state index in [9.17, 15) is 0 Å². The van der Waals surface area contributed by atoms with Crippen molar-refractivity contribution in [2.45, 2.75) is 25.9 Å².